The fourth-order valence-electron chi connectivity index (χ4n) is 3.35. The van der Waals surface area contributed by atoms with Gasteiger partial charge in [-0.3, -0.25) is 0 Å². The standard InChI is InChI=1S/C18H21N5S/c1-14-4-5-17(20-9-14)22-7-2-3-15(10-22)18-19-6-8-23(18)11-16-12-24-13-21-16/h4-6,8-9,12-13,15H,2-3,7,10-11H2,1H3/t15-/m1/s1. The van der Waals surface area contributed by atoms with Crippen molar-refractivity contribution in [2.45, 2.75) is 32.2 Å². The fraction of sp³-hybridized carbons (Fsp3) is 0.389. The van der Waals surface area contributed by atoms with Gasteiger partial charge in [-0.2, -0.15) is 0 Å². The minimum Gasteiger partial charge on any atom is -0.356 e. The van der Waals surface area contributed by atoms with Crippen molar-refractivity contribution in [1.29, 1.82) is 0 Å². The summed E-state index contributed by atoms with van der Waals surface area (Å²) in [6.07, 6.45) is 8.27. The van der Waals surface area contributed by atoms with Gasteiger partial charge >= 0.3 is 0 Å². The Labute approximate surface area is 146 Å². The van der Waals surface area contributed by atoms with Gasteiger partial charge in [-0.25, -0.2) is 15.0 Å². The Bertz CT molecular complexity index is 778. The summed E-state index contributed by atoms with van der Waals surface area (Å²) in [5.74, 6) is 2.68. The number of aromatic nitrogens is 4. The highest BCUT2D eigenvalue weighted by Gasteiger charge is 2.25. The molecule has 24 heavy (non-hydrogen) atoms. The second-order valence-electron chi connectivity index (χ2n) is 6.37. The predicted molar refractivity (Wildman–Crippen MR) is 96.6 cm³/mol. The molecule has 0 N–H and O–H groups in total. The molecule has 1 saturated heterocycles. The van der Waals surface area contributed by atoms with Crippen LogP contribution < -0.4 is 4.90 Å². The lowest BCUT2D eigenvalue weighted by atomic mass is 9.97. The van der Waals surface area contributed by atoms with E-state index < -0.39 is 0 Å². The molecule has 3 aromatic heterocycles. The molecule has 3 aromatic rings. The Morgan fingerprint density at radius 3 is 3.00 bits per heavy atom. The highest BCUT2D eigenvalue weighted by atomic mass is 32.1. The van der Waals surface area contributed by atoms with Crippen molar-refractivity contribution in [1.82, 2.24) is 19.5 Å². The molecule has 0 saturated carbocycles. The minimum atomic E-state index is 0.440. The summed E-state index contributed by atoms with van der Waals surface area (Å²) in [5.41, 5.74) is 4.19. The Hall–Kier alpha value is -2.21. The quantitative estimate of drug-likeness (QED) is 0.730. The van der Waals surface area contributed by atoms with Crippen LogP contribution in [-0.2, 0) is 6.54 Å². The van der Waals surface area contributed by atoms with Gasteiger partial charge in [-0.1, -0.05) is 6.07 Å². The van der Waals surface area contributed by atoms with Crippen LogP contribution >= 0.6 is 11.3 Å². The van der Waals surface area contributed by atoms with Gasteiger partial charge in [0.05, 0.1) is 17.7 Å². The minimum absolute atomic E-state index is 0.440. The number of thiazole rings is 1. The number of piperidine rings is 1. The highest BCUT2D eigenvalue weighted by molar-refractivity contribution is 7.07. The first-order valence-electron chi connectivity index (χ1n) is 8.35. The van der Waals surface area contributed by atoms with Crippen LogP contribution in [0.4, 0.5) is 5.82 Å². The Morgan fingerprint density at radius 1 is 1.25 bits per heavy atom. The maximum Gasteiger partial charge on any atom is 0.128 e. The van der Waals surface area contributed by atoms with E-state index in [9.17, 15) is 0 Å². The van der Waals surface area contributed by atoms with Gasteiger partial charge in [0.1, 0.15) is 11.6 Å². The van der Waals surface area contributed by atoms with E-state index in [1.165, 1.54) is 24.2 Å². The molecule has 0 spiro atoms. The van der Waals surface area contributed by atoms with Gasteiger partial charge in [0.15, 0.2) is 0 Å². The lowest BCUT2D eigenvalue weighted by Crippen LogP contribution is -2.36. The van der Waals surface area contributed by atoms with Gasteiger partial charge in [0, 0.05) is 43.0 Å². The van der Waals surface area contributed by atoms with Crippen LogP contribution in [0.15, 0.2) is 41.6 Å². The molecule has 5 nitrogen and oxygen atoms in total. The van der Waals surface area contributed by atoms with E-state index in [-0.39, 0.29) is 0 Å². The van der Waals surface area contributed by atoms with Crippen LogP contribution in [0.3, 0.4) is 0 Å². The molecule has 1 aliphatic heterocycles. The first-order valence-corrected chi connectivity index (χ1v) is 9.29. The molecule has 0 aliphatic carbocycles. The van der Waals surface area contributed by atoms with Gasteiger partial charge in [0.2, 0.25) is 0 Å². The molecule has 0 radical (unpaired) electrons. The summed E-state index contributed by atoms with van der Waals surface area (Å²) >= 11 is 1.64. The number of aryl methyl sites for hydroxylation is 1. The molecular weight excluding hydrogens is 318 g/mol. The zero-order valence-electron chi connectivity index (χ0n) is 13.8. The lowest BCUT2D eigenvalue weighted by Gasteiger charge is -2.33. The second kappa shape index (κ2) is 6.73. The lowest BCUT2D eigenvalue weighted by molar-refractivity contribution is 0.473. The summed E-state index contributed by atoms with van der Waals surface area (Å²) < 4.78 is 2.24. The van der Waals surface area contributed by atoms with E-state index in [1.54, 1.807) is 11.3 Å². The van der Waals surface area contributed by atoms with Crippen molar-refractivity contribution in [3.63, 3.8) is 0 Å². The Balaban J connectivity index is 1.52. The zero-order chi connectivity index (χ0) is 16.4. The highest BCUT2D eigenvalue weighted by Crippen LogP contribution is 2.28. The first-order chi connectivity index (χ1) is 11.8. The molecule has 1 aliphatic rings. The van der Waals surface area contributed by atoms with Crippen molar-refractivity contribution >= 4 is 17.2 Å². The topological polar surface area (TPSA) is 46.8 Å². The molecule has 1 fully saturated rings. The monoisotopic (exact) mass is 339 g/mol. The molecule has 0 unspecified atom stereocenters. The fourth-order valence-corrected chi connectivity index (χ4v) is 3.90. The average Bonchev–Trinajstić information content (AvgIpc) is 3.28. The van der Waals surface area contributed by atoms with Crippen LogP contribution in [0.2, 0.25) is 0 Å². The molecule has 124 valence electrons. The third kappa shape index (κ3) is 3.19. The van der Waals surface area contributed by atoms with Crippen LogP contribution in [-0.4, -0.2) is 32.6 Å². The molecular formula is C18H21N5S. The predicted octanol–water partition coefficient (Wildman–Crippen LogP) is 3.48. The zero-order valence-corrected chi connectivity index (χ0v) is 14.6. The van der Waals surface area contributed by atoms with Crippen molar-refractivity contribution in [3.8, 4) is 0 Å². The number of hydrogen-bond acceptors (Lipinski definition) is 5. The number of anilines is 1. The van der Waals surface area contributed by atoms with E-state index in [4.69, 9.17) is 0 Å². The molecule has 0 amide bonds. The van der Waals surface area contributed by atoms with Gasteiger partial charge in [-0.15, -0.1) is 11.3 Å². The van der Waals surface area contributed by atoms with Crippen molar-refractivity contribution in [3.05, 3.63) is 58.7 Å². The molecule has 4 rings (SSSR count). The number of hydrogen-bond donors (Lipinski definition) is 0. The molecule has 1 atom stereocenters. The smallest absolute Gasteiger partial charge is 0.128 e. The molecule has 4 heterocycles. The van der Waals surface area contributed by atoms with Gasteiger partial charge in [-0.05, 0) is 31.4 Å². The van der Waals surface area contributed by atoms with E-state index in [0.717, 1.165) is 31.1 Å². The third-order valence-corrected chi connectivity index (χ3v) is 5.21. The van der Waals surface area contributed by atoms with E-state index in [2.05, 4.69) is 55.1 Å². The summed E-state index contributed by atoms with van der Waals surface area (Å²) in [6.45, 7) is 4.92. The first kappa shape index (κ1) is 15.3. The summed E-state index contributed by atoms with van der Waals surface area (Å²) in [4.78, 5) is 16.0. The van der Waals surface area contributed by atoms with E-state index in [0.29, 0.717) is 5.92 Å². The number of nitrogens with zero attached hydrogens (tertiary/aromatic N) is 5. The Morgan fingerprint density at radius 2 is 2.21 bits per heavy atom. The van der Waals surface area contributed by atoms with E-state index >= 15 is 0 Å². The normalized spacial score (nSPS) is 18.0. The van der Waals surface area contributed by atoms with Crippen molar-refractivity contribution in [2.75, 3.05) is 18.0 Å². The molecule has 0 bridgehead atoms. The summed E-state index contributed by atoms with van der Waals surface area (Å²) in [5, 5.41) is 2.10. The number of imidazole rings is 1. The maximum absolute atomic E-state index is 4.65. The van der Waals surface area contributed by atoms with E-state index in [1.807, 2.05) is 17.9 Å². The summed E-state index contributed by atoms with van der Waals surface area (Å²) in [7, 11) is 0. The van der Waals surface area contributed by atoms with Gasteiger partial charge < -0.3 is 9.47 Å². The summed E-state index contributed by atoms with van der Waals surface area (Å²) in [6, 6.07) is 4.26. The average molecular weight is 339 g/mol. The van der Waals surface area contributed by atoms with Crippen molar-refractivity contribution < 1.29 is 0 Å². The molecule has 0 aromatic carbocycles. The van der Waals surface area contributed by atoms with Crippen LogP contribution in [0.1, 0.15) is 35.8 Å². The SMILES string of the molecule is Cc1ccc(N2CCC[C@@H](c3nccn3Cc3cscn3)C2)nc1. The second-order valence-corrected chi connectivity index (χ2v) is 7.09. The molecule has 6 heteroatoms. The van der Waals surface area contributed by atoms with Crippen LogP contribution in [0.5, 0.6) is 0 Å². The van der Waals surface area contributed by atoms with Crippen LogP contribution in [0, 0.1) is 6.92 Å². The van der Waals surface area contributed by atoms with Gasteiger partial charge in [0.25, 0.3) is 0 Å². The van der Waals surface area contributed by atoms with Crippen molar-refractivity contribution in [2.24, 2.45) is 0 Å². The van der Waals surface area contributed by atoms with Crippen LogP contribution in [0.25, 0.3) is 0 Å². The largest absolute Gasteiger partial charge is 0.356 e. The third-order valence-electron chi connectivity index (χ3n) is 4.57. The number of pyridine rings is 1. The number of rotatable bonds is 4. The Kier molecular flexibility index (Phi) is 4.30. The maximum atomic E-state index is 4.65.